The van der Waals surface area contributed by atoms with Crippen molar-refractivity contribution in [2.45, 2.75) is 4.90 Å². The van der Waals surface area contributed by atoms with Crippen LogP contribution in [0.3, 0.4) is 0 Å². The Hall–Kier alpha value is -0.700. The van der Waals surface area contributed by atoms with Gasteiger partial charge in [0.05, 0.1) is 9.82 Å². The lowest BCUT2D eigenvalue weighted by Crippen LogP contribution is -2.28. The predicted molar refractivity (Wildman–Crippen MR) is 71.7 cm³/mol. The van der Waals surface area contributed by atoms with Gasteiger partial charge in [-0.15, -0.1) is 0 Å². The van der Waals surface area contributed by atoms with E-state index in [-0.39, 0.29) is 16.5 Å². The molecular formula is C9H10BrClN2O4S. The fourth-order valence-electron chi connectivity index (χ4n) is 1.21. The number of hydrogen-bond donors (Lipinski definition) is 0. The van der Waals surface area contributed by atoms with Gasteiger partial charge in [-0.25, -0.2) is 12.7 Å². The molecule has 100 valence electrons. The van der Waals surface area contributed by atoms with E-state index < -0.39 is 20.6 Å². The molecular weight excluding hydrogens is 348 g/mol. The van der Waals surface area contributed by atoms with E-state index in [1.165, 1.54) is 19.2 Å². The van der Waals surface area contributed by atoms with Crippen LogP contribution in [-0.4, -0.2) is 36.6 Å². The first kappa shape index (κ1) is 15.4. The van der Waals surface area contributed by atoms with Crippen molar-refractivity contribution >= 4 is 43.2 Å². The molecule has 0 N–H and O–H groups in total. The number of hydrogen-bond acceptors (Lipinski definition) is 4. The highest BCUT2D eigenvalue weighted by Crippen LogP contribution is 2.28. The predicted octanol–water partition coefficient (Wildman–Crippen LogP) is 2.26. The molecule has 0 saturated carbocycles. The maximum atomic E-state index is 12.0. The van der Waals surface area contributed by atoms with Crippen LogP contribution in [0.2, 0.25) is 5.02 Å². The highest BCUT2D eigenvalue weighted by Gasteiger charge is 2.24. The van der Waals surface area contributed by atoms with Gasteiger partial charge < -0.3 is 0 Å². The molecule has 0 saturated heterocycles. The summed E-state index contributed by atoms with van der Waals surface area (Å²) in [6.07, 6.45) is 0. The molecule has 1 rings (SSSR count). The Bertz CT molecular complexity index is 564. The molecule has 0 atom stereocenters. The van der Waals surface area contributed by atoms with Crippen molar-refractivity contribution in [3.8, 4) is 0 Å². The number of nitro benzene ring substituents is 1. The zero-order valence-electron chi connectivity index (χ0n) is 9.34. The van der Waals surface area contributed by atoms with E-state index in [0.717, 1.165) is 10.4 Å². The average molecular weight is 358 g/mol. The van der Waals surface area contributed by atoms with Crippen LogP contribution < -0.4 is 0 Å². The summed E-state index contributed by atoms with van der Waals surface area (Å²) >= 11 is 8.75. The van der Waals surface area contributed by atoms with Crippen LogP contribution in [0.25, 0.3) is 0 Å². The quantitative estimate of drug-likeness (QED) is 0.460. The maximum absolute atomic E-state index is 12.0. The van der Waals surface area contributed by atoms with Gasteiger partial charge in [0, 0.05) is 25.0 Å². The fraction of sp³-hybridized carbons (Fsp3) is 0.333. The topological polar surface area (TPSA) is 80.5 Å². The van der Waals surface area contributed by atoms with Crippen LogP contribution in [0.15, 0.2) is 23.1 Å². The van der Waals surface area contributed by atoms with E-state index in [4.69, 9.17) is 11.6 Å². The van der Waals surface area contributed by atoms with Gasteiger partial charge in [0.15, 0.2) is 0 Å². The molecule has 0 amide bonds. The average Bonchev–Trinajstić information content (AvgIpc) is 2.29. The molecule has 6 nitrogen and oxygen atoms in total. The monoisotopic (exact) mass is 356 g/mol. The number of benzene rings is 1. The Kier molecular flexibility index (Phi) is 5.09. The van der Waals surface area contributed by atoms with Gasteiger partial charge in [0.2, 0.25) is 10.0 Å². The summed E-state index contributed by atoms with van der Waals surface area (Å²) in [4.78, 5) is 9.83. The minimum Gasteiger partial charge on any atom is -0.258 e. The molecule has 0 bridgehead atoms. The zero-order valence-corrected chi connectivity index (χ0v) is 12.5. The van der Waals surface area contributed by atoms with Crippen LogP contribution >= 0.6 is 27.5 Å². The standard InChI is InChI=1S/C9H10BrClN2O4S/c1-12(5-4-10)18(16,17)7-2-3-8(11)9(6-7)13(14)15/h2-3,6H,4-5H2,1H3. The van der Waals surface area contributed by atoms with Crippen molar-refractivity contribution in [1.29, 1.82) is 0 Å². The second-order valence-corrected chi connectivity index (χ2v) is 6.63. The molecule has 0 aliphatic carbocycles. The second kappa shape index (κ2) is 5.96. The zero-order chi connectivity index (χ0) is 13.9. The van der Waals surface area contributed by atoms with Gasteiger partial charge in [-0.2, -0.15) is 0 Å². The molecule has 1 aromatic carbocycles. The molecule has 1 aromatic rings. The van der Waals surface area contributed by atoms with Crippen molar-refractivity contribution in [2.75, 3.05) is 18.9 Å². The molecule has 18 heavy (non-hydrogen) atoms. The first-order valence-electron chi connectivity index (χ1n) is 4.77. The van der Waals surface area contributed by atoms with E-state index >= 15 is 0 Å². The molecule has 0 heterocycles. The van der Waals surface area contributed by atoms with E-state index in [0.29, 0.717) is 5.33 Å². The second-order valence-electron chi connectivity index (χ2n) is 3.39. The molecule has 0 radical (unpaired) electrons. The van der Waals surface area contributed by atoms with Gasteiger partial charge in [0.1, 0.15) is 5.02 Å². The van der Waals surface area contributed by atoms with E-state index in [1.54, 1.807) is 0 Å². The Morgan fingerprint density at radius 2 is 2.11 bits per heavy atom. The van der Waals surface area contributed by atoms with Gasteiger partial charge in [-0.3, -0.25) is 10.1 Å². The van der Waals surface area contributed by atoms with Crippen molar-refractivity contribution in [2.24, 2.45) is 0 Å². The van der Waals surface area contributed by atoms with Gasteiger partial charge in [0.25, 0.3) is 5.69 Å². The molecule has 0 aliphatic heterocycles. The summed E-state index contributed by atoms with van der Waals surface area (Å²) in [5.74, 6) is 0. The van der Waals surface area contributed by atoms with Crippen LogP contribution in [0.5, 0.6) is 0 Å². The third-order valence-electron chi connectivity index (χ3n) is 2.22. The lowest BCUT2D eigenvalue weighted by atomic mass is 10.3. The number of alkyl halides is 1. The number of nitrogens with zero attached hydrogens (tertiary/aromatic N) is 2. The van der Waals surface area contributed by atoms with Crippen LogP contribution in [-0.2, 0) is 10.0 Å². The third-order valence-corrected chi connectivity index (χ3v) is 4.75. The number of halogens is 2. The first-order chi connectivity index (χ1) is 8.30. The Morgan fingerprint density at radius 3 is 2.61 bits per heavy atom. The normalized spacial score (nSPS) is 11.8. The first-order valence-corrected chi connectivity index (χ1v) is 7.71. The molecule has 0 spiro atoms. The van der Waals surface area contributed by atoms with Crippen LogP contribution in [0, 0.1) is 10.1 Å². The lowest BCUT2D eigenvalue weighted by Gasteiger charge is -2.15. The summed E-state index contributed by atoms with van der Waals surface area (Å²) in [6.45, 7) is 0.263. The van der Waals surface area contributed by atoms with Crippen molar-refractivity contribution in [3.63, 3.8) is 0 Å². The fourth-order valence-corrected chi connectivity index (χ4v) is 3.36. The minimum absolute atomic E-state index is 0.0953. The SMILES string of the molecule is CN(CCBr)S(=O)(=O)c1ccc(Cl)c([N+](=O)[O-])c1. The maximum Gasteiger partial charge on any atom is 0.289 e. The van der Waals surface area contributed by atoms with Crippen LogP contribution in [0.1, 0.15) is 0 Å². The Balaban J connectivity index is 3.26. The number of sulfonamides is 1. The van der Waals surface area contributed by atoms with Gasteiger partial charge in [-0.05, 0) is 12.1 Å². The van der Waals surface area contributed by atoms with Gasteiger partial charge >= 0.3 is 0 Å². The largest absolute Gasteiger partial charge is 0.289 e. The summed E-state index contributed by atoms with van der Waals surface area (Å²) in [6, 6.07) is 3.41. The van der Waals surface area contributed by atoms with Crippen molar-refractivity contribution in [3.05, 3.63) is 33.3 Å². The van der Waals surface area contributed by atoms with E-state index in [9.17, 15) is 18.5 Å². The Labute approximate surface area is 118 Å². The molecule has 0 unspecified atom stereocenters. The van der Waals surface area contributed by atoms with Gasteiger partial charge in [-0.1, -0.05) is 27.5 Å². The molecule has 9 heteroatoms. The van der Waals surface area contributed by atoms with E-state index in [1.807, 2.05) is 0 Å². The molecule has 0 aliphatic rings. The Morgan fingerprint density at radius 1 is 1.50 bits per heavy atom. The molecule has 0 fully saturated rings. The summed E-state index contributed by atoms with van der Waals surface area (Å²) in [5, 5.41) is 11.1. The minimum atomic E-state index is -3.73. The third kappa shape index (κ3) is 3.19. The van der Waals surface area contributed by atoms with Crippen LogP contribution in [0.4, 0.5) is 5.69 Å². The smallest absolute Gasteiger partial charge is 0.258 e. The summed E-state index contributed by atoms with van der Waals surface area (Å²) in [7, 11) is -2.33. The number of nitro groups is 1. The molecule has 0 aromatic heterocycles. The summed E-state index contributed by atoms with van der Waals surface area (Å²) in [5.41, 5.74) is -0.426. The highest BCUT2D eigenvalue weighted by atomic mass is 79.9. The summed E-state index contributed by atoms with van der Waals surface area (Å²) < 4.78 is 25.2. The highest BCUT2D eigenvalue weighted by molar-refractivity contribution is 9.09. The number of rotatable bonds is 5. The van der Waals surface area contributed by atoms with Crippen molar-refractivity contribution in [1.82, 2.24) is 4.31 Å². The van der Waals surface area contributed by atoms with E-state index in [2.05, 4.69) is 15.9 Å². The lowest BCUT2D eigenvalue weighted by molar-refractivity contribution is -0.384. The van der Waals surface area contributed by atoms with Crippen molar-refractivity contribution < 1.29 is 13.3 Å².